The molecule has 3 rings (SSSR count). The van der Waals surface area contributed by atoms with Crippen LogP contribution in [0.5, 0.6) is 0 Å². The Morgan fingerprint density at radius 3 is 2.43 bits per heavy atom. The van der Waals surface area contributed by atoms with Gasteiger partial charge in [0, 0.05) is 24.7 Å². The number of sulfonamides is 1. The largest absolute Gasteiger partial charge is 0.307 e. The van der Waals surface area contributed by atoms with Crippen molar-refractivity contribution in [3.63, 3.8) is 0 Å². The highest BCUT2D eigenvalue weighted by atomic mass is 32.2. The highest BCUT2D eigenvalue weighted by Gasteiger charge is 2.22. The Bertz CT molecular complexity index is 1120. The van der Waals surface area contributed by atoms with Crippen molar-refractivity contribution in [2.75, 3.05) is 18.4 Å². The number of hydrogen-bond acceptors (Lipinski definition) is 4. The van der Waals surface area contributed by atoms with Gasteiger partial charge in [-0.2, -0.15) is 9.40 Å². The molecule has 0 fully saturated rings. The Kier molecular flexibility index (Phi) is 6.69. The molecule has 3 aromatic rings. The Labute approximate surface area is 177 Å². The molecule has 158 valence electrons. The molecule has 0 aliphatic heterocycles. The van der Waals surface area contributed by atoms with Crippen LogP contribution < -0.4 is 5.32 Å². The molecule has 0 saturated carbocycles. The molecule has 7 nitrogen and oxygen atoms in total. The molecular weight excluding hydrogens is 400 g/mol. The molecule has 1 N–H and O–H groups in total. The first-order valence-corrected chi connectivity index (χ1v) is 11.3. The monoisotopic (exact) mass is 426 g/mol. The van der Waals surface area contributed by atoms with Crippen molar-refractivity contribution < 1.29 is 13.2 Å². The average Bonchev–Trinajstić information content (AvgIpc) is 3.17. The lowest BCUT2D eigenvalue weighted by atomic mass is 10.1. The predicted molar refractivity (Wildman–Crippen MR) is 117 cm³/mol. The van der Waals surface area contributed by atoms with Crippen LogP contribution in [0.15, 0.2) is 65.7 Å². The molecule has 0 spiro atoms. The predicted octanol–water partition coefficient (Wildman–Crippen LogP) is 3.52. The van der Waals surface area contributed by atoms with Crippen molar-refractivity contribution in [2.24, 2.45) is 0 Å². The lowest BCUT2D eigenvalue weighted by Crippen LogP contribution is -2.30. The zero-order chi connectivity index (χ0) is 21.7. The fourth-order valence-corrected chi connectivity index (χ4v) is 4.63. The number of aromatic nitrogens is 2. The van der Waals surface area contributed by atoms with E-state index in [1.165, 1.54) is 22.0 Å². The molecular formula is C22H26N4O3S. The van der Waals surface area contributed by atoms with Crippen molar-refractivity contribution >= 4 is 21.7 Å². The summed E-state index contributed by atoms with van der Waals surface area (Å²) in [4.78, 5) is 12.9. The van der Waals surface area contributed by atoms with Crippen molar-refractivity contribution in [3.05, 3.63) is 77.5 Å². The van der Waals surface area contributed by atoms with Gasteiger partial charge in [-0.15, -0.1) is 0 Å². The molecule has 2 aromatic carbocycles. The fraction of sp³-hybridized carbons (Fsp3) is 0.273. The number of hydrogen-bond donors (Lipinski definition) is 1. The summed E-state index contributed by atoms with van der Waals surface area (Å²) in [5.41, 5.74) is 2.51. The molecule has 0 aliphatic rings. The molecule has 8 heteroatoms. The number of nitrogens with zero attached hydrogens (tertiary/aromatic N) is 3. The van der Waals surface area contributed by atoms with Gasteiger partial charge < -0.3 is 5.32 Å². The third kappa shape index (κ3) is 4.77. The third-order valence-electron chi connectivity index (χ3n) is 4.85. The van der Waals surface area contributed by atoms with Crippen molar-refractivity contribution in [1.82, 2.24) is 14.1 Å². The minimum absolute atomic E-state index is 0.104. The summed E-state index contributed by atoms with van der Waals surface area (Å²) in [5.74, 6) is 0.148. The lowest BCUT2D eigenvalue weighted by Gasteiger charge is -2.18. The maximum atomic E-state index is 12.8. The van der Waals surface area contributed by atoms with Gasteiger partial charge in [-0.3, -0.25) is 4.79 Å². The van der Waals surface area contributed by atoms with E-state index in [0.717, 1.165) is 5.56 Å². The van der Waals surface area contributed by atoms with E-state index < -0.39 is 15.9 Å². The zero-order valence-electron chi connectivity index (χ0n) is 17.4. The molecule has 0 aliphatic carbocycles. The number of anilines is 1. The number of nitrogens with one attached hydrogen (secondary N) is 1. The van der Waals surface area contributed by atoms with Crippen LogP contribution in [0, 0.1) is 6.92 Å². The van der Waals surface area contributed by atoms with E-state index >= 15 is 0 Å². The smallest absolute Gasteiger partial charge is 0.256 e. The summed E-state index contributed by atoms with van der Waals surface area (Å²) in [5, 5.41) is 7.11. The molecule has 1 heterocycles. The van der Waals surface area contributed by atoms with Gasteiger partial charge in [0.1, 0.15) is 5.82 Å². The standard InChI is InChI=1S/C22H26N4O3S/c1-4-25(5-2)30(28,29)20-8-6-7-19(15-20)22(27)24-21-13-14-23-26(21)16-18-11-9-17(3)10-12-18/h6-15H,4-5,16H2,1-3H3,(H,24,27). The summed E-state index contributed by atoms with van der Waals surface area (Å²) >= 11 is 0. The highest BCUT2D eigenvalue weighted by Crippen LogP contribution is 2.18. The number of benzene rings is 2. The van der Waals surface area contributed by atoms with E-state index in [0.29, 0.717) is 25.5 Å². The van der Waals surface area contributed by atoms with Gasteiger partial charge in [-0.05, 0) is 30.7 Å². The van der Waals surface area contributed by atoms with Crippen LogP contribution in [0.25, 0.3) is 0 Å². The number of carbonyl (C=O) groups is 1. The van der Waals surface area contributed by atoms with Gasteiger partial charge in [0.2, 0.25) is 10.0 Å². The van der Waals surface area contributed by atoms with E-state index in [2.05, 4.69) is 10.4 Å². The Morgan fingerprint density at radius 2 is 1.77 bits per heavy atom. The lowest BCUT2D eigenvalue weighted by molar-refractivity contribution is 0.102. The zero-order valence-corrected chi connectivity index (χ0v) is 18.2. The Morgan fingerprint density at radius 1 is 1.07 bits per heavy atom. The summed E-state index contributed by atoms with van der Waals surface area (Å²) in [6.45, 7) is 6.84. The van der Waals surface area contributed by atoms with Crippen LogP contribution in [-0.2, 0) is 16.6 Å². The van der Waals surface area contributed by atoms with E-state index in [4.69, 9.17) is 0 Å². The number of amides is 1. The minimum atomic E-state index is -3.64. The maximum absolute atomic E-state index is 12.8. The molecule has 0 atom stereocenters. The normalized spacial score (nSPS) is 11.6. The topological polar surface area (TPSA) is 84.3 Å². The first kappa shape index (κ1) is 21.7. The van der Waals surface area contributed by atoms with E-state index in [-0.39, 0.29) is 10.5 Å². The van der Waals surface area contributed by atoms with Gasteiger partial charge >= 0.3 is 0 Å². The van der Waals surface area contributed by atoms with Gasteiger partial charge in [0.25, 0.3) is 5.91 Å². The van der Waals surface area contributed by atoms with Crippen LogP contribution in [0.1, 0.15) is 35.3 Å². The Balaban J connectivity index is 1.79. The molecule has 0 radical (unpaired) electrons. The second kappa shape index (κ2) is 9.23. The maximum Gasteiger partial charge on any atom is 0.256 e. The highest BCUT2D eigenvalue weighted by molar-refractivity contribution is 7.89. The molecule has 0 unspecified atom stereocenters. The van der Waals surface area contributed by atoms with Crippen LogP contribution >= 0.6 is 0 Å². The van der Waals surface area contributed by atoms with Gasteiger partial charge in [-0.1, -0.05) is 49.7 Å². The Hall–Kier alpha value is -2.97. The molecule has 0 bridgehead atoms. The fourth-order valence-electron chi connectivity index (χ4n) is 3.13. The quantitative estimate of drug-likeness (QED) is 0.597. The van der Waals surface area contributed by atoms with Crippen molar-refractivity contribution in [3.8, 4) is 0 Å². The summed E-state index contributed by atoms with van der Waals surface area (Å²) in [6.07, 6.45) is 1.62. The first-order valence-electron chi connectivity index (χ1n) is 9.84. The van der Waals surface area contributed by atoms with E-state index in [1.54, 1.807) is 42.9 Å². The first-order chi connectivity index (χ1) is 14.3. The average molecular weight is 427 g/mol. The van der Waals surface area contributed by atoms with Crippen LogP contribution in [0.3, 0.4) is 0 Å². The van der Waals surface area contributed by atoms with Gasteiger partial charge in [0.15, 0.2) is 0 Å². The summed E-state index contributed by atoms with van der Waals surface area (Å²) in [6, 6.07) is 15.9. The number of aryl methyl sites for hydroxylation is 1. The number of carbonyl (C=O) groups excluding carboxylic acids is 1. The second-order valence-electron chi connectivity index (χ2n) is 6.93. The SMILES string of the molecule is CCN(CC)S(=O)(=O)c1cccc(C(=O)Nc2ccnn2Cc2ccc(C)cc2)c1. The molecule has 0 saturated heterocycles. The second-order valence-corrected chi connectivity index (χ2v) is 8.87. The van der Waals surface area contributed by atoms with Crippen molar-refractivity contribution in [2.45, 2.75) is 32.2 Å². The van der Waals surface area contributed by atoms with Gasteiger partial charge in [-0.25, -0.2) is 13.1 Å². The molecule has 30 heavy (non-hydrogen) atoms. The van der Waals surface area contributed by atoms with Gasteiger partial charge in [0.05, 0.1) is 17.6 Å². The van der Waals surface area contributed by atoms with Crippen LogP contribution in [-0.4, -0.2) is 41.5 Å². The number of rotatable bonds is 8. The van der Waals surface area contributed by atoms with Crippen LogP contribution in [0.2, 0.25) is 0 Å². The van der Waals surface area contributed by atoms with Crippen molar-refractivity contribution in [1.29, 1.82) is 0 Å². The molecule has 1 amide bonds. The van der Waals surface area contributed by atoms with E-state index in [1.807, 2.05) is 31.2 Å². The van der Waals surface area contributed by atoms with Crippen LogP contribution in [0.4, 0.5) is 5.82 Å². The summed E-state index contributed by atoms with van der Waals surface area (Å²) < 4.78 is 28.6. The van der Waals surface area contributed by atoms with E-state index in [9.17, 15) is 13.2 Å². The molecule has 1 aromatic heterocycles. The third-order valence-corrected chi connectivity index (χ3v) is 6.90. The minimum Gasteiger partial charge on any atom is -0.307 e. The summed E-state index contributed by atoms with van der Waals surface area (Å²) in [7, 11) is -3.64.